The first-order chi connectivity index (χ1) is 9.58. The van der Waals surface area contributed by atoms with Crippen LogP contribution in [0.15, 0.2) is 41.1 Å². The van der Waals surface area contributed by atoms with E-state index in [4.69, 9.17) is 12.2 Å². The van der Waals surface area contributed by atoms with Gasteiger partial charge in [0.05, 0.1) is 5.52 Å². The van der Waals surface area contributed by atoms with Crippen molar-refractivity contribution in [2.24, 2.45) is 10.2 Å². The first-order valence-corrected chi connectivity index (χ1v) is 7.33. The van der Waals surface area contributed by atoms with Crippen molar-refractivity contribution < 1.29 is 9.50 Å². The highest BCUT2D eigenvalue weighted by Crippen LogP contribution is 2.39. The summed E-state index contributed by atoms with van der Waals surface area (Å²) in [4.78, 5) is 0. The van der Waals surface area contributed by atoms with E-state index in [0.717, 1.165) is 0 Å². The first-order valence-electron chi connectivity index (χ1n) is 5.69. The van der Waals surface area contributed by atoms with Gasteiger partial charge in [0, 0.05) is 11.9 Å². The van der Waals surface area contributed by atoms with Gasteiger partial charge in [-0.1, -0.05) is 17.8 Å². The third-order valence-electron chi connectivity index (χ3n) is 2.69. The number of hydrogen-bond donors (Lipinski definition) is 1. The summed E-state index contributed by atoms with van der Waals surface area (Å²) >= 11 is 6.20. The molecule has 7 heteroatoms. The third-order valence-corrected chi connectivity index (χ3v) is 3.70. The predicted molar refractivity (Wildman–Crippen MR) is 84.4 cm³/mol. The Hall–Kier alpha value is -1.73. The summed E-state index contributed by atoms with van der Waals surface area (Å²) in [6, 6.07) is 4.22. The summed E-state index contributed by atoms with van der Waals surface area (Å²) in [7, 11) is 0. The monoisotopic (exact) mass is 309 g/mol. The Kier molecular flexibility index (Phi) is 4.51. The van der Waals surface area contributed by atoms with Gasteiger partial charge in [0.1, 0.15) is 5.82 Å². The first kappa shape index (κ1) is 14.7. The number of thiocarbonyl (C=S) groups is 1. The van der Waals surface area contributed by atoms with Crippen molar-refractivity contribution in [1.29, 1.82) is 0 Å². The zero-order valence-corrected chi connectivity index (χ0v) is 12.3. The fraction of sp³-hybridized carbons (Fsp3) is 0.154. The molecular formula is C13H12FN3OS2. The molecule has 0 bridgehead atoms. The molecule has 0 radical (unpaired) electrons. The van der Waals surface area contributed by atoms with Crippen molar-refractivity contribution in [2.75, 3.05) is 6.26 Å². The molecule has 1 aromatic carbocycles. The lowest BCUT2D eigenvalue weighted by Gasteiger charge is -2.01. The van der Waals surface area contributed by atoms with Crippen molar-refractivity contribution in [2.45, 2.75) is 6.54 Å². The van der Waals surface area contributed by atoms with E-state index in [2.05, 4.69) is 16.8 Å². The van der Waals surface area contributed by atoms with E-state index < -0.39 is 5.82 Å². The number of hydrogen-bond acceptors (Lipinski definition) is 4. The van der Waals surface area contributed by atoms with Crippen LogP contribution in [0.4, 0.5) is 10.1 Å². The van der Waals surface area contributed by atoms with Crippen molar-refractivity contribution in [3.05, 3.63) is 36.7 Å². The van der Waals surface area contributed by atoms with Crippen molar-refractivity contribution >= 4 is 44.9 Å². The number of aromatic nitrogens is 1. The maximum absolute atomic E-state index is 13.4. The minimum absolute atomic E-state index is 0.0850. The Balaban J connectivity index is 2.65. The Bertz CT molecular complexity index is 709. The molecule has 20 heavy (non-hydrogen) atoms. The van der Waals surface area contributed by atoms with E-state index in [9.17, 15) is 9.50 Å². The molecule has 4 nitrogen and oxygen atoms in total. The average Bonchev–Trinajstić information content (AvgIpc) is 2.69. The predicted octanol–water partition coefficient (Wildman–Crippen LogP) is 4.40. The zero-order valence-electron chi connectivity index (χ0n) is 10.7. The number of halogens is 1. The highest BCUT2D eigenvalue weighted by molar-refractivity contribution is 8.22. The summed E-state index contributed by atoms with van der Waals surface area (Å²) in [5.74, 6) is -0.490. The lowest BCUT2D eigenvalue weighted by Crippen LogP contribution is -1.93. The molecule has 0 atom stereocenters. The normalized spacial score (nSPS) is 11.3. The van der Waals surface area contributed by atoms with Gasteiger partial charge in [0.2, 0.25) is 5.88 Å². The molecule has 0 unspecified atom stereocenters. The number of aromatic hydroxyl groups is 1. The topological polar surface area (TPSA) is 49.9 Å². The molecule has 0 aliphatic heterocycles. The minimum Gasteiger partial charge on any atom is -0.493 e. The van der Waals surface area contributed by atoms with Crippen molar-refractivity contribution in [1.82, 2.24) is 4.57 Å². The van der Waals surface area contributed by atoms with Gasteiger partial charge >= 0.3 is 0 Å². The Morgan fingerprint density at radius 3 is 3.00 bits per heavy atom. The molecule has 0 saturated carbocycles. The molecular weight excluding hydrogens is 297 g/mol. The lowest BCUT2D eigenvalue weighted by atomic mass is 10.2. The molecule has 0 aliphatic rings. The highest BCUT2D eigenvalue weighted by atomic mass is 32.2. The molecule has 0 spiro atoms. The number of fused-ring (bicyclic) bond motifs is 1. The second-order valence-electron chi connectivity index (χ2n) is 3.90. The van der Waals surface area contributed by atoms with Gasteiger partial charge in [-0.25, -0.2) is 4.39 Å². The number of allylic oxidation sites excluding steroid dienone is 1. The third kappa shape index (κ3) is 2.73. The fourth-order valence-electron chi connectivity index (χ4n) is 1.84. The zero-order chi connectivity index (χ0) is 14.7. The van der Waals surface area contributed by atoms with Crippen LogP contribution in [0.2, 0.25) is 0 Å². The SMILES string of the molecule is C=CCn1c(O)c(N=NC(=S)SC)c2cc(F)ccc21. The van der Waals surface area contributed by atoms with E-state index in [-0.39, 0.29) is 11.6 Å². The van der Waals surface area contributed by atoms with Crippen LogP contribution in [0, 0.1) is 5.82 Å². The van der Waals surface area contributed by atoms with Crippen LogP contribution in [0.3, 0.4) is 0 Å². The van der Waals surface area contributed by atoms with Crippen LogP contribution in [-0.4, -0.2) is 20.2 Å². The molecule has 0 fully saturated rings. The van der Waals surface area contributed by atoms with E-state index in [0.29, 0.717) is 21.8 Å². The van der Waals surface area contributed by atoms with E-state index >= 15 is 0 Å². The van der Waals surface area contributed by atoms with Gasteiger partial charge in [0.15, 0.2) is 10.0 Å². The molecule has 2 rings (SSSR count). The van der Waals surface area contributed by atoms with Gasteiger partial charge < -0.3 is 9.67 Å². The second kappa shape index (κ2) is 6.15. The second-order valence-corrected chi connectivity index (χ2v) is 5.34. The summed E-state index contributed by atoms with van der Waals surface area (Å²) in [6.45, 7) is 4.02. The van der Waals surface area contributed by atoms with Crippen molar-refractivity contribution in [3.8, 4) is 5.88 Å². The van der Waals surface area contributed by atoms with Gasteiger partial charge in [-0.05, 0) is 36.7 Å². The molecule has 104 valence electrons. The van der Waals surface area contributed by atoms with Gasteiger partial charge in [-0.3, -0.25) is 0 Å². The Labute approximate surface area is 125 Å². The number of benzene rings is 1. The number of rotatable bonds is 3. The van der Waals surface area contributed by atoms with E-state index in [1.54, 1.807) is 23.0 Å². The van der Waals surface area contributed by atoms with Crippen LogP contribution in [-0.2, 0) is 6.54 Å². The van der Waals surface area contributed by atoms with Crippen LogP contribution in [0.5, 0.6) is 5.88 Å². The molecule has 1 aromatic heterocycles. The number of azo groups is 1. The maximum Gasteiger partial charge on any atom is 0.221 e. The van der Waals surface area contributed by atoms with Crippen LogP contribution in [0.25, 0.3) is 10.9 Å². The lowest BCUT2D eigenvalue weighted by molar-refractivity contribution is 0.431. The Morgan fingerprint density at radius 2 is 2.35 bits per heavy atom. The summed E-state index contributed by atoms with van der Waals surface area (Å²) in [6.07, 6.45) is 3.41. The van der Waals surface area contributed by atoms with Gasteiger partial charge in [-0.2, -0.15) is 0 Å². The van der Waals surface area contributed by atoms with Crippen LogP contribution >= 0.6 is 24.0 Å². The van der Waals surface area contributed by atoms with Crippen LogP contribution < -0.4 is 0 Å². The standard InChI is InChI=1S/C13H12FN3OS2/c1-3-6-17-10-5-4-8(14)7-9(10)11(12(17)18)15-16-13(19)20-2/h3-5,7,18H,1,6H2,2H3. The van der Waals surface area contributed by atoms with Crippen molar-refractivity contribution in [3.63, 3.8) is 0 Å². The molecule has 1 N–H and O–H groups in total. The molecule has 0 saturated heterocycles. The van der Waals surface area contributed by atoms with E-state index in [1.165, 1.54) is 23.9 Å². The molecule has 1 heterocycles. The average molecular weight is 309 g/mol. The highest BCUT2D eigenvalue weighted by Gasteiger charge is 2.16. The quantitative estimate of drug-likeness (QED) is 0.519. The molecule has 0 amide bonds. The number of thioether (sulfide) groups is 1. The minimum atomic E-state index is -0.405. The number of nitrogens with zero attached hydrogens (tertiary/aromatic N) is 3. The maximum atomic E-state index is 13.4. The summed E-state index contributed by atoms with van der Waals surface area (Å²) in [5, 5.41) is 18.5. The summed E-state index contributed by atoms with van der Waals surface area (Å²) in [5.41, 5.74) is 0.866. The largest absolute Gasteiger partial charge is 0.493 e. The Morgan fingerprint density at radius 1 is 1.60 bits per heavy atom. The van der Waals surface area contributed by atoms with Gasteiger partial charge in [-0.15, -0.1) is 16.8 Å². The van der Waals surface area contributed by atoms with Crippen LogP contribution in [0.1, 0.15) is 0 Å². The summed E-state index contributed by atoms with van der Waals surface area (Å²) < 4.78 is 15.3. The molecule has 2 aromatic rings. The van der Waals surface area contributed by atoms with E-state index in [1.807, 2.05) is 0 Å². The molecule has 0 aliphatic carbocycles. The smallest absolute Gasteiger partial charge is 0.221 e. The fourth-order valence-corrected chi connectivity index (χ4v) is 2.00. The van der Waals surface area contributed by atoms with Gasteiger partial charge in [0.25, 0.3) is 0 Å².